The van der Waals surface area contributed by atoms with Crippen LogP contribution in [-0.4, -0.2) is 45.9 Å². The van der Waals surface area contributed by atoms with Crippen LogP contribution in [0.1, 0.15) is 13.3 Å². The Morgan fingerprint density at radius 2 is 2.00 bits per heavy atom. The molecule has 0 bridgehead atoms. The zero-order valence-electron chi connectivity index (χ0n) is 16.2. The lowest BCUT2D eigenvalue weighted by atomic mass is 10.2. The molecule has 0 spiro atoms. The summed E-state index contributed by atoms with van der Waals surface area (Å²) in [6, 6.07) is 9.89. The molecule has 1 saturated heterocycles. The largest absolute Gasteiger partial charge is 0.505 e. The fourth-order valence-corrected chi connectivity index (χ4v) is 4.52. The number of hydrogen-bond acceptors (Lipinski definition) is 6. The van der Waals surface area contributed by atoms with Gasteiger partial charge in [0.1, 0.15) is 11.0 Å². The fraction of sp³-hybridized carbons (Fsp3) is 0.250. The zero-order chi connectivity index (χ0) is 21.8. The number of carbonyl (C=O) groups excluding carboxylic acids is 2. The normalized spacial score (nSPS) is 17.5. The molecule has 1 aliphatic rings. The number of nitrogens with zero attached hydrogens (tertiary/aromatic N) is 2. The molecular formula is C20H19Cl2N3O4S. The number of rotatable bonds is 6. The number of halogens is 2. The average molecular weight is 468 g/mol. The molecule has 0 saturated carbocycles. The highest BCUT2D eigenvalue weighted by Crippen LogP contribution is 2.38. The van der Waals surface area contributed by atoms with Crippen molar-refractivity contribution in [1.82, 2.24) is 4.90 Å². The van der Waals surface area contributed by atoms with E-state index in [0.717, 1.165) is 0 Å². The van der Waals surface area contributed by atoms with E-state index in [9.17, 15) is 14.7 Å². The van der Waals surface area contributed by atoms with Gasteiger partial charge in [-0.1, -0.05) is 41.0 Å². The molecule has 30 heavy (non-hydrogen) atoms. The molecule has 1 fully saturated rings. The summed E-state index contributed by atoms with van der Waals surface area (Å²) in [5.74, 6) is -0.0890. The highest BCUT2D eigenvalue weighted by atomic mass is 35.5. The van der Waals surface area contributed by atoms with E-state index in [2.05, 4.69) is 10.3 Å². The van der Waals surface area contributed by atoms with Gasteiger partial charge in [0.05, 0.1) is 22.8 Å². The van der Waals surface area contributed by atoms with Crippen LogP contribution in [0.15, 0.2) is 41.4 Å². The van der Waals surface area contributed by atoms with Crippen LogP contribution in [0.4, 0.5) is 11.4 Å². The second-order valence-corrected chi connectivity index (χ2v) is 8.31. The molecule has 0 aliphatic carbocycles. The number of carbonyl (C=O) groups is 2. The van der Waals surface area contributed by atoms with E-state index in [1.54, 1.807) is 31.4 Å². The summed E-state index contributed by atoms with van der Waals surface area (Å²) in [4.78, 5) is 31.2. The first kappa shape index (κ1) is 22.3. The first-order chi connectivity index (χ1) is 14.3. The molecule has 7 nitrogen and oxygen atoms in total. The van der Waals surface area contributed by atoms with Gasteiger partial charge in [-0.05, 0) is 31.2 Å². The van der Waals surface area contributed by atoms with E-state index in [1.165, 1.54) is 28.8 Å². The van der Waals surface area contributed by atoms with E-state index in [1.807, 2.05) is 6.92 Å². The second-order valence-electron chi connectivity index (χ2n) is 6.33. The number of methoxy groups -OCH3 is 1. The van der Waals surface area contributed by atoms with Crippen molar-refractivity contribution in [3.8, 4) is 11.5 Å². The summed E-state index contributed by atoms with van der Waals surface area (Å²) >= 11 is 13.1. The number of benzene rings is 2. The van der Waals surface area contributed by atoms with E-state index >= 15 is 0 Å². The number of phenolic OH excluding ortho intramolecular Hbond substituents is 1. The third kappa shape index (κ3) is 5.00. The quantitative estimate of drug-likeness (QED) is 0.642. The lowest BCUT2D eigenvalue weighted by Gasteiger charge is -2.13. The van der Waals surface area contributed by atoms with Crippen molar-refractivity contribution in [1.29, 1.82) is 0 Å². The number of hydrogen-bond donors (Lipinski definition) is 2. The molecule has 0 aromatic heterocycles. The van der Waals surface area contributed by atoms with Crippen molar-refractivity contribution in [2.45, 2.75) is 18.6 Å². The number of thioether (sulfide) groups is 1. The summed E-state index contributed by atoms with van der Waals surface area (Å²) in [6.07, 6.45) is -0.00663. The lowest BCUT2D eigenvalue weighted by molar-refractivity contribution is -0.128. The van der Waals surface area contributed by atoms with Crippen LogP contribution >= 0.6 is 35.0 Å². The predicted molar refractivity (Wildman–Crippen MR) is 120 cm³/mol. The molecule has 1 aliphatic heterocycles. The molecule has 1 atom stereocenters. The summed E-state index contributed by atoms with van der Waals surface area (Å²) in [6.45, 7) is 2.22. The Labute approximate surface area is 188 Å². The summed E-state index contributed by atoms with van der Waals surface area (Å²) < 4.78 is 5.14. The van der Waals surface area contributed by atoms with Crippen molar-refractivity contribution >= 4 is 63.3 Å². The smallest absolute Gasteiger partial charge is 0.242 e. The average Bonchev–Trinajstić information content (AvgIpc) is 3.00. The van der Waals surface area contributed by atoms with E-state index in [0.29, 0.717) is 28.8 Å². The highest BCUT2D eigenvalue weighted by Gasteiger charge is 2.38. The monoisotopic (exact) mass is 467 g/mol. The second kappa shape index (κ2) is 9.59. The number of aromatic hydroxyl groups is 1. The SMILES string of the molecule is CCN1C(=O)C(CC(=O)Nc2cccc(OC)c2)SC1=Nc1cc(Cl)c(O)c(Cl)c1. The van der Waals surface area contributed by atoms with Crippen LogP contribution in [0, 0.1) is 0 Å². The standard InChI is InChI=1S/C20H19Cl2N3O4S/c1-3-25-19(28)16(10-17(26)23-11-5-4-6-13(7-11)29-2)30-20(25)24-12-8-14(21)18(27)15(22)9-12/h4-9,16,27H,3,10H2,1-2H3,(H,23,26). The molecule has 2 N–H and O–H groups in total. The van der Waals surface area contributed by atoms with Gasteiger partial charge in [0.15, 0.2) is 10.9 Å². The lowest BCUT2D eigenvalue weighted by Crippen LogP contribution is -2.33. The Balaban J connectivity index is 1.74. The minimum atomic E-state index is -0.600. The molecule has 0 radical (unpaired) electrons. The predicted octanol–water partition coefficient (Wildman–Crippen LogP) is 4.69. The molecular weight excluding hydrogens is 449 g/mol. The van der Waals surface area contributed by atoms with Crippen molar-refractivity contribution in [3.05, 3.63) is 46.4 Å². The molecule has 2 aromatic rings. The van der Waals surface area contributed by atoms with E-state index in [4.69, 9.17) is 27.9 Å². The van der Waals surface area contributed by atoms with E-state index < -0.39 is 5.25 Å². The molecule has 2 aromatic carbocycles. The van der Waals surface area contributed by atoms with Gasteiger partial charge in [-0.25, -0.2) is 4.99 Å². The number of phenols is 1. The third-order valence-corrected chi connectivity index (χ3v) is 6.04. The van der Waals surface area contributed by atoms with Crippen LogP contribution in [-0.2, 0) is 9.59 Å². The number of nitrogens with one attached hydrogen (secondary N) is 1. The minimum Gasteiger partial charge on any atom is -0.505 e. The molecule has 10 heteroatoms. The summed E-state index contributed by atoms with van der Waals surface area (Å²) in [5, 5.41) is 12.4. The summed E-state index contributed by atoms with van der Waals surface area (Å²) in [5.41, 5.74) is 0.988. The van der Waals surface area contributed by atoms with E-state index in [-0.39, 0.29) is 34.0 Å². The maximum absolute atomic E-state index is 12.7. The molecule has 1 heterocycles. The number of anilines is 1. The number of amides is 2. The Morgan fingerprint density at radius 3 is 2.63 bits per heavy atom. The number of aliphatic imine (C=N–C) groups is 1. The molecule has 158 valence electrons. The minimum absolute atomic E-state index is 0.00663. The maximum atomic E-state index is 12.7. The molecule has 2 amide bonds. The van der Waals surface area contributed by atoms with Gasteiger partial charge in [0.25, 0.3) is 0 Å². The van der Waals surface area contributed by atoms with Gasteiger partial charge in [-0.2, -0.15) is 0 Å². The number of ether oxygens (including phenoxy) is 1. The van der Waals surface area contributed by atoms with Crippen LogP contribution in [0.5, 0.6) is 11.5 Å². The van der Waals surface area contributed by atoms with Crippen molar-refractivity contribution in [3.63, 3.8) is 0 Å². The molecule has 1 unspecified atom stereocenters. The van der Waals surface area contributed by atoms with Crippen LogP contribution in [0.25, 0.3) is 0 Å². The van der Waals surface area contributed by atoms with Crippen LogP contribution in [0.2, 0.25) is 10.0 Å². The van der Waals surface area contributed by atoms with Crippen LogP contribution in [0.3, 0.4) is 0 Å². The van der Waals surface area contributed by atoms with Gasteiger partial charge in [-0.3, -0.25) is 14.5 Å². The highest BCUT2D eigenvalue weighted by molar-refractivity contribution is 8.15. The van der Waals surface area contributed by atoms with Crippen LogP contribution < -0.4 is 10.1 Å². The Kier molecular flexibility index (Phi) is 7.12. The first-order valence-corrected chi connectivity index (χ1v) is 10.6. The van der Waals surface area contributed by atoms with Crippen molar-refractivity contribution < 1.29 is 19.4 Å². The Bertz CT molecular complexity index is 992. The van der Waals surface area contributed by atoms with Crippen molar-refractivity contribution in [2.24, 2.45) is 4.99 Å². The molecule has 3 rings (SSSR count). The first-order valence-electron chi connectivity index (χ1n) is 9.01. The van der Waals surface area contributed by atoms with Gasteiger partial charge in [-0.15, -0.1) is 0 Å². The maximum Gasteiger partial charge on any atom is 0.242 e. The van der Waals surface area contributed by atoms with Gasteiger partial charge in [0, 0.05) is 24.7 Å². The zero-order valence-corrected chi connectivity index (χ0v) is 18.5. The fourth-order valence-electron chi connectivity index (χ4n) is 2.82. The van der Waals surface area contributed by atoms with Gasteiger partial charge in [0.2, 0.25) is 11.8 Å². The van der Waals surface area contributed by atoms with Crippen molar-refractivity contribution in [2.75, 3.05) is 19.0 Å². The number of amidine groups is 1. The topological polar surface area (TPSA) is 91.2 Å². The Morgan fingerprint density at radius 1 is 1.30 bits per heavy atom. The van der Waals surface area contributed by atoms with Gasteiger partial charge < -0.3 is 15.2 Å². The van der Waals surface area contributed by atoms with Gasteiger partial charge >= 0.3 is 0 Å². The summed E-state index contributed by atoms with van der Waals surface area (Å²) in [7, 11) is 1.55. The Hall–Kier alpha value is -2.42. The third-order valence-electron chi connectivity index (χ3n) is 4.29.